The van der Waals surface area contributed by atoms with E-state index in [1.807, 2.05) is 67.3 Å². The third-order valence-corrected chi connectivity index (χ3v) is 5.57. The van der Waals surface area contributed by atoms with Crippen molar-refractivity contribution in [2.75, 3.05) is 6.54 Å². The van der Waals surface area contributed by atoms with Crippen LogP contribution in [-0.4, -0.2) is 22.3 Å². The summed E-state index contributed by atoms with van der Waals surface area (Å²) >= 11 is 11.8. The van der Waals surface area contributed by atoms with E-state index >= 15 is 0 Å². The van der Waals surface area contributed by atoms with E-state index < -0.39 is 0 Å². The number of hydrogen-bond donors (Lipinski definition) is 1. The van der Waals surface area contributed by atoms with Crippen LogP contribution < -0.4 is 10.1 Å². The standard InChI is InChI=1S/C22H23ClN2O2S/c1-4-25-14(2)20(15(3)26)21(24-22(25)28)17-10-6-8-12-19(17)27-13-16-9-5-7-11-18(16)23/h5-12,21H,4,13H2,1-3H3,(H,24,28). The number of allylic oxidation sites excluding steroid dienone is 1. The number of ether oxygens (including phenoxy) is 1. The molecule has 1 N–H and O–H groups in total. The van der Waals surface area contributed by atoms with E-state index in [9.17, 15) is 4.79 Å². The van der Waals surface area contributed by atoms with Gasteiger partial charge in [0.2, 0.25) is 0 Å². The molecule has 0 amide bonds. The molecule has 0 saturated carbocycles. The van der Waals surface area contributed by atoms with Crippen LogP contribution in [0.25, 0.3) is 0 Å². The van der Waals surface area contributed by atoms with Crippen LogP contribution in [-0.2, 0) is 11.4 Å². The smallest absolute Gasteiger partial charge is 0.173 e. The van der Waals surface area contributed by atoms with Crippen molar-refractivity contribution in [1.82, 2.24) is 10.2 Å². The number of thiocarbonyl (C=S) groups is 1. The summed E-state index contributed by atoms with van der Waals surface area (Å²) in [4.78, 5) is 14.4. The number of carbonyl (C=O) groups excluding carboxylic acids is 1. The molecule has 6 heteroatoms. The first kappa shape index (κ1) is 20.4. The highest BCUT2D eigenvalue weighted by Crippen LogP contribution is 2.36. The SMILES string of the molecule is CCN1C(=S)NC(c2ccccc2OCc2ccccc2Cl)C(C(C)=O)=C1C. The first-order chi connectivity index (χ1) is 13.4. The molecular formula is C22H23ClN2O2S. The van der Waals surface area contributed by atoms with Gasteiger partial charge >= 0.3 is 0 Å². The van der Waals surface area contributed by atoms with Gasteiger partial charge in [-0.1, -0.05) is 48.0 Å². The molecule has 0 aromatic heterocycles. The van der Waals surface area contributed by atoms with E-state index in [4.69, 9.17) is 28.6 Å². The Morgan fingerprint density at radius 2 is 1.89 bits per heavy atom. The van der Waals surface area contributed by atoms with Crippen molar-refractivity contribution in [3.05, 3.63) is 76.0 Å². The maximum absolute atomic E-state index is 12.5. The van der Waals surface area contributed by atoms with E-state index in [1.165, 1.54) is 0 Å². The highest BCUT2D eigenvalue weighted by Gasteiger charge is 2.33. The van der Waals surface area contributed by atoms with Gasteiger partial charge in [0.05, 0.1) is 6.04 Å². The summed E-state index contributed by atoms with van der Waals surface area (Å²) in [6.45, 7) is 6.58. The predicted octanol–water partition coefficient (Wildman–Crippen LogP) is 5.03. The Labute approximate surface area is 176 Å². The molecule has 0 radical (unpaired) electrons. The molecule has 1 aliphatic heterocycles. The molecule has 3 rings (SSSR count). The molecule has 2 aromatic carbocycles. The molecule has 0 fully saturated rings. The van der Waals surface area contributed by atoms with E-state index in [2.05, 4.69) is 5.32 Å². The molecule has 28 heavy (non-hydrogen) atoms. The molecule has 1 heterocycles. The fourth-order valence-corrected chi connectivity index (χ4v) is 4.05. The van der Waals surface area contributed by atoms with Gasteiger partial charge in [0, 0.05) is 34.0 Å². The maximum Gasteiger partial charge on any atom is 0.173 e. The zero-order valence-electron chi connectivity index (χ0n) is 16.2. The molecular weight excluding hydrogens is 392 g/mol. The van der Waals surface area contributed by atoms with Gasteiger partial charge in [-0.2, -0.15) is 0 Å². The Morgan fingerprint density at radius 1 is 1.21 bits per heavy atom. The highest BCUT2D eigenvalue weighted by molar-refractivity contribution is 7.80. The second-order valence-electron chi connectivity index (χ2n) is 6.60. The quantitative estimate of drug-likeness (QED) is 0.671. The van der Waals surface area contributed by atoms with Crippen LogP contribution in [0.2, 0.25) is 5.02 Å². The Kier molecular flexibility index (Phi) is 6.37. The van der Waals surface area contributed by atoms with E-state index in [0.717, 1.165) is 16.8 Å². The summed E-state index contributed by atoms with van der Waals surface area (Å²) in [5, 5.41) is 4.59. The van der Waals surface area contributed by atoms with Crippen molar-refractivity contribution in [1.29, 1.82) is 0 Å². The van der Waals surface area contributed by atoms with Gasteiger partial charge in [-0.05, 0) is 45.1 Å². The number of halogens is 1. The normalized spacial score (nSPS) is 16.8. The van der Waals surface area contributed by atoms with Crippen LogP contribution >= 0.6 is 23.8 Å². The fourth-order valence-electron chi connectivity index (χ4n) is 3.47. The second kappa shape index (κ2) is 8.76. The average molecular weight is 415 g/mol. The van der Waals surface area contributed by atoms with Crippen molar-refractivity contribution in [2.24, 2.45) is 0 Å². The number of benzene rings is 2. The number of nitrogens with zero attached hydrogens (tertiary/aromatic N) is 1. The molecule has 1 atom stereocenters. The van der Waals surface area contributed by atoms with Crippen LogP contribution in [0.3, 0.4) is 0 Å². The number of rotatable bonds is 6. The number of Topliss-reactive ketones (excluding diaryl/α,β-unsaturated/α-hetero) is 1. The zero-order valence-corrected chi connectivity index (χ0v) is 17.7. The summed E-state index contributed by atoms with van der Waals surface area (Å²) in [5.74, 6) is 0.705. The van der Waals surface area contributed by atoms with Crippen LogP contribution in [0.15, 0.2) is 59.8 Å². The zero-order chi connectivity index (χ0) is 20.3. The number of carbonyl (C=O) groups is 1. The van der Waals surface area contributed by atoms with Crippen LogP contribution in [0.5, 0.6) is 5.75 Å². The van der Waals surface area contributed by atoms with E-state index in [0.29, 0.717) is 34.6 Å². The first-order valence-corrected chi connectivity index (χ1v) is 9.97. The molecule has 2 aromatic rings. The third kappa shape index (κ3) is 4.05. The monoisotopic (exact) mass is 414 g/mol. The summed E-state index contributed by atoms with van der Waals surface area (Å²) in [6, 6.07) is 14.9. The van der Waals surface area contributed by atoms with Gasteiger partial charge in [-0.25, -0.2) is 0 Å². The number of nitrogens with one attached hydrogen (secondary N) is 1. The maximum atomic E-state index is 12.5. The fraction of sp³-hybridized carbons (Fsp3) is 0.273. The number of ketones is 1. The molecule has 4 nitrogen and oxygen atoms in total. The van der Waals surface area contributed by atoms with Crippen LogP contribution in [0.1, 0.15) is 37.9 Å². The van der Waals surface area contributed by atoms with Crippen molar-refractivity contribution in [3.8, 4) is 5.75 Å². The summed E-state index contributed by atoms with van der Waals surface area (Å²) in [5.41, 5.74) is 3.35. The molecule has 0 spiro atoms. The lowest BCUT2D eigenvalue weighted by molar-refractivity contribution is -0.114. The summed E-state index contributed by atoms with van der Waals surface area (Å²) < 4.78 is 6.09. The summed E-state index contributed by atoms with van der Waals surface area (Å²) in [6.07, 6.45) is 0. The largest absolute Gasteiger partial charge is 0.488 e. The number of para-hydroxylation sites is 1. The highest BCUT2D eigenvalue weighted by atomic mass is 35.5. The Morgan fingerprint density at radius 3 is 2.57 bits per heavy atom. The summed E-state index contributed by atoms with van der Waals surface area (Å²) in [7, 11) is 0. The van der Waals surface area contributed by atoms with Crippen molar-refractivity contribution in [2.45, 2.75) is 33.4 Å². The minimum Gasteiger partial charge on any atom is -0.488 e. The van der Waals surface area contributed by atoms with Crippen LogP contribution in [0.4, 0.5) is 0 Å². The van der Waals surface area contributed by atoms with Crippen LogP contribution in [0, 0.1) is 0 Å². The molecule has 0 saturated heterocycles. The van der Waals surface area contributed by atoms with Gasteiger partial charge in [-0.3, -0.25) is 4.79 Å². The minimum absolute atomic E-state index is 0.0110. The second-order valence-corrected chi connectivity index (χ2v) is 7.39. The molecule has 1 unspecified atom stereocenters. The molecule has 146 valence electrons. The molecule has 0 bridgehead atoms. The third-order valence-electron chi connectivity index (χ3n) is 4.86. The minimum atomic E-state index is -0.352. The lowest BCUT2D eigenvalue weighted by Gasteiger charge is -2.37. The van der Waals surface area contributed by atoms with E-state index in [1.54, 1.807) is 6.92 Å². The predicted molar refractivity (Wildman–Crippen MR) is 116 cm³/mol. The Hall–Kier alpha value is -2.37. The van der Waals surface area contributed by atoms with Gasteiger partial charge in [-0.15, -0.1) is 0 Å². The lowest BCUT2D eigenvalue weighted by atomic mass is 9.92. The van der Waals surface area contributed by atoms with Gasteiger partial charge in [0.1, 0.15) is 12.4 Å². The topological polar surface area (TPSA) is 41.6 Å². The van der Waals surface area contributed by atoms with E-state index in [-0.39, 0.29) is 11.8 Å². The van der Waals surface area contributed by atoms with Crippen molar-refractivity contribution in [3.63, 3.8) is 0 Å². The van der Waals surface area contributed by atoms with Gasteiger partial charge < -0.3 is 15.0 Å². The Bertz CT molecular complexity index is 942. The molecule has 0 aliphatic carbocycles. The first-order valence-electron chi connectivity index (χ1n) is 9.18. The van der Waals surface area contributed by atoms with Crippen molar-refractivity contribution < 1.29 is 9.53 Å². The van der Waals surface area contributed by atoms with Gasteiger partial charge in [0.25, 0.3) is 0 Å². The van der Waals surface area contributed by atoms with Gasteiger partial charge in [0.15, 0.2) is 10.9 Å². The number of hydrogen-bond acceptors (Lipinski definition) is 3. The average Bonchev–Trinajstić information content (AvgIpc) is 2.67. The van der Waals surface area contributed by atoms with Crippen molar-refractivity contribution >= 4 is 34.7 Å². The Balaban J connectivity index is 1.97. The molecule has 1 aliphatic rings. The lowest BCUT2D eigenvalue weighted by Crippen LogP contribution is -2.47.